The maximum absolute atomic E-state index is 8.84. The van der Waals surface area contributed by atoms with Crippen LogP contribution < -0.4 is 11.1 Å². The van der Waals surface area contributed by atoms with Crippen molar-refractivity contribution in [3.05, 3.63) is 17.8 Å². The Hall–Kier alpha value is -1.33. The number of aliphatic hydroxyl groups is 2. The molecule has 0 saturated carbocycles. The summed E-state index contributed by atoms with van der Waals surface area (Å²) < 4.78 is 0. The van der Waals surface area contributed by atoms with E-state index in [1.807, 2.05) is 0 Å². The van der Waals surface area contributed by atoms with E-state index in [-0.39, 0.29) is 19.3 Å². The van der Waals surface area contributed by atoms with Gasteiger partial charge in [-0.2, -0.15) is 0 Å². The van der Waals surface area contributed by atoms with Gasteiger partial charge in [-0.05, 0) is 19.1 Å². The van der Waals surface area contributed by atoms with Crippen LogP contribution in [-0.4, -0.2) is 34.5 Å². The Morgan fingerprint density at radius 1 is 1.43 bits per heavy atom. The van der Waals surface area contributed by atoms with E-state index in [1.54, 1.807) is 19.1 Å². The molecule has 5 heteroatoms. The first-order chi connectivity index (χ1) is 6.67. The van der Waals surface area contributed by atoms with E-state index < -0.39 is 0 Å². The molecule has 0 amide bonds. The van der Waals surface area contributed by atoms with E-state index in [4.69, 9.17) is 15.9 Å². The zero-order chi connectivity index (χ0) is 10.6. The highest BCUT2D eigenvalue weighted by Crippen LogP contribution is 2.12. The van der Waals surface area contributed by atoms with Crippen LogP contribution in [0.1, 0.15) is 5.69 Å². The molecule has 5 nitrogen and oxygen atoms in total. The van der Waals surface area contributed by atoms with Crippen LogP contribution in [0.25, 0.3) is 0 Å². The van der Waals surface area contributed by atoms with E-state index in [0.29, 0.717) is 11.5 Å². The topological polar surface area (TPSA) is 91.4 Å². The van der Waals surface area contributed by atoms with Gasteiger partial charge >= 0.3 is 0 Å². The van der Waals surface area contributed by atoms with Crippen LogP contribution in [0.5, 0.6) is 0 Å². The Morgan fingerprint density at radius 3 is 2.57 bits per heavy atom. The second-order valence-electron chi connectivity index (χ2n) is 3.08. The highest BCUT2D eigenvalue weighted by Gasteiger charge is 2.06. The number of hydrogen-bond donors (Lipinski definition) is 4. The number of hydrogen-bond acceptors (Lipinski definition) is 5. The molecule has 0 saturated heterocycles. The van der Waals surface area contributed by atoms with Gasteiger partial charge in [-0.25, -0.2) is 4.98 Å². The standard InChI is InChI=1S/C9H15N3O2/c1-6-8(10)2-3-9(11-6)12-7(4-13)5-14/h2-3,7,13-14H,4-5,10H2,1H3,(H,11,12). The van der Waals surface area contributed by atoms with Crippen molar-refractivity contribution in [1.29, 1.82) is 0 Å². The molecule has 1 rings (SSSR count). The lowest BCUT2D eigenvalue weighted by Gasteiger charge is -2.14. The minimum atomic E-state index is -0.384. The molecule has 0 aromatic carbocycles. The predicted molar refractivity (Wildman–Crippen MR) is 55.0 cm³/mol. The molecule has 0 unspecified atom stereocenters. The summed E-state index contributed by atoms with van der Waals surface area (Å²) in [7, 11) is 0. The van der Waals surface area contributed by atoms with Gasteiger partial charge in [0.2, 0.25) is 0 Å². The summed E-state index contributed by atoms with van der Waals surface area (Å²) >= 11 is 0. The fourth-order valence-corrected chi connectivity index (χ4v) is 1.01. The maximum Gasteiger partial charge on any atom is 0.126 e. The van der Waals surface area contributed by atoms with Gasteiger partial charge in [0.1, 0.15) is 5.82 Å². The van der Waals surface area contributed by atoms with Crippen molar-refractivity contribution in [2.24, 2.45) is 0 Å². The van der Waals surface area contributed by atoms with Crippen LogP contribution in [-0.2, 0) is 0 Å². The molecule has 78 valence electrons. The van der Waals surface area contributed by atoms with E-state index in [0.717, 1.165) is 5.69 Å². The average Bonchev–Trinajstić information content (AvgIpc) is 2.19. The molecular weight excluding hydrogens is 182 g/mol. The van der Waals surface area contributed by atoms with Gasteiger partial charge in [-0.3, -0.25) is 0 Å². The molecule has 14 heavy (non-hydrogen) atoms. The third-order valence-corrected chi connectivity index (χ3v) is 1.92. The summed E-state index contributed by atoms with van der Waals surface area (Å²) in [6.07, 6.45) is 0. The van der Waals surface area contributed by atoms with Crippen LogP contribution in [0.3, 0.4) is 0 Å². The minimum Gasteiger partial charge on any atom is -0.397 e. The second-order valence-corrected chi connectivity index (χ2v) is 3.08. The van der Waals surface area contributed by atoms with Crippen molar-refractivity contribution in [3.8, 4) is 0 Å². The molecule has 0 fully saturated rings. The molecule has 1 heterocycles. The zero-order valence-corrected chi connectivity index (χ0v) is 8.07. The van der Waals surface area contributed by atoms with Crippen LogP contribution in [0.2, 0.25) is 0 Å². The first kappa shape index (κ1) is 10.7. The number of nitrogen functional groups attached to an aromatic ring is 1. The normalized spacial score (nSPS) is 10.6. The smallest absolute Gasteiger partial charge is 0.126 e. The Labute approximate surface area is 82.6 Å². The number of rotatable bonds is 4. The third-order valence-electron chi connectivity index (χ3n) is 1.92. The van der Waals surface area contributed by atoms with Gasteiger partial charge in [0.15, 0.2) is 0 Å². The highest BCUT2D eigenvalue weighted by atomic mass is 16.3. The lowest BCUT2D eigenvalue weighted by molar-refractivity contribution is 0.203. The van der Waals surface area contributed by atoms with Crippen LogP contribution >= 0.6 is 0 Å². The number of aryl methyl sites for hydroxylation is 1. The molecule has 0 aliphatic carbocycles. The van der Waals surface area contributed by atoms with Crippen molar-refractivity contribution >= 4 is 11.5 Å². The number of nitrogens with zero attached hydrogens (tertiary/aromatic N) is 1. The minimum absolute atomic E-state index is 0.137. The molecule has 5 N–H and O–H groups in total. The van der Waals surface area contributed by atoms with E-state index >= 15 is 0 Å². The van der Waals surface area contributed by atoms with Gasteiger partial charge in [0.25, 0.3) is 0 Å². The summed E-state index contributed by atoms with van der Waals surface area (Å²) in [5.41, 5.74) is 6.95. The van der Waals surface area contributed by atoms with Gasteiger partial charge in [0.05, 0.1) is 30.6 Å². The van der Waals surface area contributed by atoms with Crippen molar-refractivity contribution in [3.63, 3.8) is 0 Å². The first-order valence-corrected chi connectivity index (χ1v) is 4.38. The molecule has 0 aliphatic heterocycles. The maximum atomic E-state index is 8.84. The summed E-state index contributed by atoms with van der Waals surface area (Å²) in [5, 5.41) is 20.6. The largest absolute Gasteiger partial charge is 0.397 e. The number of anilines is 2. The molecule has 1 aromatic rings. The van der Waals surface area contributed by atoms with Crippen molar-refractivity contribution < 1.29 is 10.2 Å². The van der Waals surface area contributed by atoms with Crippen LogP contribution in [0.4, 0.5) is 11.5 Å². The molecule has 0 aliphatic rings. The van der Waals surface area contributed by atoms with Crippen molar-refractivity contribution in [1.82, 2.24) is 4.98 Å². The predicted octanol–water partition coefficient (Wildman–Crippen LogP) is -0.263. The van der Waals surface area contributed by atoms with Crippen LogP contribution in [0.15, 0.2) is 12.1 Å². The van der Waals surface area contributed by atoms with Gasteiger partial charge < -0.3 is 21.3 Å². The molecule has 0 radical (unpaired) electrons. The average molecular weight is 197 g/mol. The summed E-state index contributed by atoms with van der Waals surface area (Å²) in [5.74, 6) is 0.602. The Bertz CT molecular complexity index is 300. The molecule has 0 spiro atoms. The third kappa shape index (κ3) is 2.58. The number of nitrogens with one attached hydrogen (secondary N) is 1. The van der Waals surface area contributed by atoms with E-state index in [1.165, 1.54) is 0 Å². The quantitative estimate of drug-likeness (QED) is 0.533. The van der Waals surface area contributed by atoms with Crippen molar-refractivity contribution in [2.45, 2.75) is 13.0 Å². The molecule has 0 atom stereocenters. The fraction of sp³-hybridized carbons (Fsp3) is 0.444. The lowest BCUT2D eigenvalue weighted by atomic mass is 10.3. The summed E-state index contributed by atoms with van der Waals surface area (Å²) in [6.45, 7) is 1.52. The van der Waals surface area contributed by atoms with E-state index in [2.05, 4.69) is 10.3 Å². The SMILES string of the molecule is Cc1nc(NC(CO)CO)ccc1N. The second kappa shape index (κ2) is 4.78. The molecular formula is C9H15N3O2. The zero-order valence-electron chi connectivity index (χ0n) is 8.07. The van der Waals surface area contributed by atoms with Gasteiger partial charge in [-0.1, -0.05) is 0 Å². The van der Waals surface area contributed by atoms with Crippen LogP contribution in [0, 0.1) is 6.92 Å². The number of nitrogens with two attached hydrogens (primary N) is 1. The summed E-state index contributed by atoms with van der Waals surface area (Å²) in [4.78, 5) is 4.15. The van der Waals surface area contributed by atoms with E-state index in [9.17, 15) is 0 Å². The Morgan fingerprint density at radius 2 is 2.07 bits per heavy atom. The Balaban J connectivity index is 2.72. The Kier molecular flexibility index (Phi) is 3.67. The fourth-order valence-electron chi connectivity index (χ4n) is 1.01. The first-order valence-electron chi connectivity index (χ1n) is 4.38. The van der Waals surface area contributed by atoms with Gasteiger partial charge in [-0.15, -0.1) is 0 Å². The monoisotopic (exact) mass is 197 g/mol. The number of pyridine rings is 1. The number of aliphatic hydroxyl groups excluding tert-OH is 2. The van der Waals surface area contributed by atoms with Crippen molar-refractivity contribution in [2.75, 3.05) is 24.3 Å². The van der Waals surface area contributed by atoms with Gasteiger partial charge in [0, 0.05) is 0 Å². The lowest BCUT2D eigenvalue weighted by Crippen LogP contribution is -2.28. The molecule has 1 aromatic heterocycles. The summed E-state index contributed by atoms with van der Waals surface area (Å²) in [6, 6.07) is 3.06. The molecule has 0 bridgehead atoms. The number of aromatic nitrogens is 1. The highest BCUT2D eigenvalue weighted by molar-refractivity contribution is 5.49.